The highest BCUT2D eigenvalue weighted by atomic mass is 16.2. The van der Waals surface area contributed by atoms with Gasteiger partial charge in [-0.25, -0.2) is 0 Å². The largest absolute Gasteiger partial charge is 0.336 e. The van der Waals surface area contributed by atoms with E-state index in [2.05, 4.69) is 0 Å². The minimum atomic E-state index is -0.476. The van der Waals surface area contributed by atoms with E-state index in [0.29, 0.717) is 26.2 Å². The fourth-order valence-corrected chi connectivity index (χ4v) is 6.29. The standard InChI is InChI=1S/C44H40N2O2/c47-43(41(37-23-11-3-12-24-37)38-25-13-4-14-26-38)45(33-35-19-7-1-8-20-35)31-32-46(34-36-21-9-2-10-22-36)44(48)42(39-27-15-5-16-28-39)40-29-17-6-18-30-40/h1-30,41-42H,31-34H2. The molecule has 4 heteroatoms. The van der Waals surface area contributed by atoms with E-state index in [0.717, 1.165) is 33.4 Å². The van der Waals surface area contributed by atoms with Crippen LogP contribution in [-0.2, 0) is 22.7 Å². The highest BCUT2D eigenvalue weighted by Gasteiger charge is 2.31. The van der Waals surface area contributed by atoms with Crippen LogP contribution >= 0.6 is 0 Å². The van der Waals surface area contributed by atoms with Crippen molar-refractivity contribution in [3.63, 3.8) is 0 Å². The predicted molar refractivity (Wildman–Crippen MR) is 193 cm³/mol. The summed E-state index contributed by atoms with van der Waals surface area (Å²) in [6.45, 7) is 1.62. The second-order valence-corrected chi connectivity index (χ2v) is 12.0. The normalized spacial score (nSPS) is 11.0. The Morgan fingerprint density at radius 1 is 0.354 bits per heavy atom. The summed E-state index contributed by atoms with van der Waals surface area (Å²) < 4.78 is 0. The first-order valence-electron chi connectivity index (χ1n) is 16.5. The van der Waals surface area contributed by atoms with Gasteiger partial charge in [-0.15, -0.1) is 0 Å². The number of carbonyl (C=O) groups is 2. The van der Waals surface area contributed by atoms with Gasteiger partial charge in [0.2, 0.25) is 11.8 Å². The van der Waals surface area contributed by atoms with Gasteiger partial charge in [0.15, 0.2) is 0 Å². The molecular weight excluding hydrogens is 588 g/mol. The quantitative estimate of drug-likeness (QED) is 0.128. The molecule has 0 saturated carbocycles. The van der Waals surface area contributed by atoms with Crippen molar-refractivity contribution < 1.29 is 9.59 Å². The lowest BCUT2D eigenvalue weighted by atomic mass is 9.89. The Hall–Kier alpha value is -5.74. The molecule has 6 aromatic carbocycles. The van der Waals surface area contributed by atoms with E-state index in [4.69, 9.17) is 0 Å². The Labute approximate surface area is 283 Å². The third-order valence-corrected chi connectivity index (χ3v) is 8.72. The Morgan fingerprint density at radius 3 is 0.833 bits per heavy atom. The van der Waals surface area contributed by atoms with Crippen molar-refractivity contribution in [1.29, 1.82) is 0 Å². The Kier molecular flexibility index (Phi) is 10.9. The van der Waals surface area contributed by atoms with Crippen molar-refractivity contribution in [1.82, 2.24) is 9.80 Å². The van der Waals surface area contributed by atoms with Gasteiger partial charge in [-0.3, -0.25) is 9.59 Å². The molecule has 2 amide bonds. The molecule has 0 heterocycles. The van der Waals surface area contributed by atoms with Crippen LogP contribution in [0.15, 0.2) is 182 Å². The molecule has 0 aromatic heterocycles. The average Bonchev–Trinajstić information content (AvgIpc) is 3.15. The molecule has 6 rings (SSSR count). The molecule has 0 N–H and O–H groups in total. The van der Waals surface area contributed by atoms with Crippen LogP contribution in [0.4, 0.5) is 0 Å². The maximum Gasteiger partial charge on any atom is 0.234 e. The number of benzene rings is 6. The van der Waals surface area contributed by atoms with E-state index >= 15 is 0 Å². The molecule has 0 aliphatic carbocycles. The molecule has 0 aliphatic heterocycles. The summed E-state index contributed by atoms with van der Waals surface area (Å²) in [7, 11) is 0. The number of carbonyl (C=O) groups excluding carboxylic acids is 2. The lowest BCUT2D eigenvalue weighted by molar-refractivity contribution is -0.136. The van der Waals surface area contributed by atoms with E-state index in [9.17, 15) is 9.59 Å². The van der Waals surface area contributed by atoms with Crippen LogP contribution in [0.2, 0.25) is 0 Å². The van der Waals surface area contributed by atoms with Gasteiger partial charge in [0.25, 0.3) is 0 Å². The molecule has 238 valence electrons. The van der Waals surface area contributed by atoms with Crippen molar-refractivity contribution in [2.45, 2.75) is 24.9 Å². The van der Waals surface area contributed by atoms with Gasteiger partial charge < -0.3 is 9.80 Å². The number of hydrogen-bond acceptors (Lipinski definition) is 2. The van der Waals surface area contributed by atoms with E-state index in [1.54, 1.807) is 0 Å². The zero-order valence-corrected chi connectivity index (χ0v) is 27.0. The number of rotatable bonds is 13. The molecule has 0 bridgehead atoms. The van der Waals surface area contributed by atoms with Gasteiger partial charge in [-0.2, -0.15) is 0 Å². The second kappa shape index (κ2) is 16.2. The van der Waals surface area contributed by atoms with Crippen LogP contribution in [0.25, 0.3) is 0 Å². The SMILES string of the molecule is O=C(C(c1ccccc1)c1ccccc1)N(CCN(Cc1ccccc1)C(=O)C(c1ccccc1)c1ccccc1)Cc1ccccc1. The van der Waals surface area contributed by atoms with E-state index in [1.165, 1.54) is 0 Å². The molecule has 0 fully saturated rings. The van der Waals surface area contributed by atoms with E-state index < -0.39 is 11.8 Å². The maximum atomic E-state index is 14.8. The first kappa shape index (κ1) is 32.2. The van der Waals surface area contributed by atoms with Crippen molar-refractivity contribution in [2.75, 3.05) is 13.1 Å². The first-order chi connectivity index (χ1) is 23.7. The molecule has 48 heavy (non-hydrogen) atoms. The van der Waals surface area contributed by atoms with Gasteiger partial charge in [0.1, 0.15) is 0 Å². The predicted octanol–water partition coefficient (Wildman–Crippen LogP) is 8.71. The van der Waals surface area contributed by atoms with Gasteiger partial charge in [0.05, 0.1) is 11.8 Å². The first-order valence-corrected chi connectivity index (χ1v) is 16.5. The summed E-state index contributed by atoms with van der Waals surface area (Å²) in [5.41, 5.74) is 5.85. The third-order valence-electron chi connectivity index (χ3n) is 8.72. The Bertz CT molecular complexity index is 1630. The lowest BCUT2D eigenvalue weighted by Gasteiger charge is -2.33. The topological polar surface area (TPSA) is 40.6 Å². The van der Waals surface area contributed by atoms with Crippen LogP contribution in [0.3, 0.4) is 0 Å². The van der Waals surface area contributed by atoms with Gasteiger partial charge in [-0.1, -0.05) is 182 Å². The lowest BCUT2D eigenvalue weighted by Crippen LogP contribution is -2.43. The molecular formula is C44H40N2O2. The Morgan fingerprint density at radius 2 is 0.583 bits per heavy atom. The van der Waals surface area contributed by atoms with Crippen molar-refractivity contribution in [3.05, 3.63) is 215 Å². The van der Waals surface area contributed by atoms with E-state index in [-0.39, 0.29) is 11.8 Å². The molecule has 0 atom stereocenters. The highest BCUT2D eigenvalue weighted by molar-refractivity contribution is 5.88. The monoisotopic (exact) mass is 628 g/mol. The zero-order valence-electron chi connectivity index (χ0n) is 27.0. The summed E-state index contributed by atoms with van der Waals surface area (Å²) in [5.74, 6) is -0.941. The van der Waals surface area contributed by atoms with Gasteiger partial charge >= 0.3 is 0 Å². The maximum absolute atomic E-state index is 14.8. The molecule has 6 aromatic rings. The summed E-state index contributed by atoms with van der Waals surface area (Å²) in [6.07, 6.45) is 0. The van der Waals surface area contributed by atoms with Crippen molar-refractivity contribution in [2.24, 2.45) is 0 Å². The highest BCUT2D eigenvalue weighted by Crippen LogP contribution is 2.30. The average molecular weight is 629 g/mol. The summed E-state index contributed by atoms with van der Waals surface area (Å²) in [4.78, 5) is 33.4. The van der Waals surface area contributed by atoms with E-state index in [1.807, 2.05) is 192 Å². The second-order valence-electron chi connectivity index (χ2n) is 12.0. The van der Waals surface area contributed by atoms with Crippen LogP contribution in [0.1, 0.15) is 45.2 Å². The summed E-state index contributed by atoms with van der Waals surface area (Å²) >= 11 is 0. The molecule has 4 nitrogen and oxygen atoms in total. The van der Waals surface area contributed by atoms with Gasteiger partial charge in [0, 0.05) is 26.2 Å². The third kappa shape index (κ3) is 8.15. The molecule has 0 unspecified atom stereocenters. The molecule has 0 aliphatic rings. The van der Waals surface area contributed by atoms with Crippen molar-refractivity contribution >= 4 is 11.8 Å². The number of hydrogen-bond donors (Lipinski definition) is 0. The van der Waals surface area contributed by atoms with Crippen LogP contribution in [0.5, 0.6) is 0 Å². The summed E-state index contributed by atoms with van der Waals surface area (Å²) in [5, 5.41) is 0. The molecule has 0 radical (unpaired) electrons. The van der Waals surface area contributed by atoms with Crippen LogP contribution < -0.4 is 0 Å². The smallest absolute Gasteiger partial charge is 0.234 e. The summed E-state index contributed by atoms with van der Waals surface area (Å²) in [6, 6.07) is 60.1. The van der Waals surface area contributed by atoms with Crippen LogP contribution in [-0.4, -0.2) is 34.7 Å². The number of amides is 2. The number of nitrogens with zero attached hydrogens (tertiary/aromatic N) is 2. The van der Waals surface area contributed by atoms with Gasteiger partial charge in [-0.05, 0) is 33.4 Å². The Balaban J connectivity index is 1.36. The van der Waals surface area contributed by atoms with Crippen LogP contribution in [0, 0.1) is 0 Å². The fourth-order valence-electron chi connectivity index (χ4n) is 6.29. The minimum absolute atomic E-state index is 0.00559. The minimum Gasteiger partial charge on any atom is -0.336 e. The fraction of sp³-hybridized carbons (Fsp3) is 0.136. The molecule has 0 spiro atoms. The zero-order chi connectivity index (χ0) is 33.0. The van der Waals surface area contributed by atoms with Crippen molar-refractivity contribution in [3.8, 4) is 0 Å². The molecule has 0 saturated heterocycles.